The van der Waals surface area contributed by atoms with Gasteiger partial charge < -0.3 is 10.1 Å². The van der Waals surface area contributed by atoms with Crippen LogP contribution in [0.1, 0.15) is 12.8 Å². The second kappa shape index (κ2) is 5.03. The number of nitriles is 1. The second-order valence-corrected chi connectivity index (χ2v) is 3.41. The van der Waals surface area contributed by atoms with E-state index < -0.39 is 24.3 Å². The molecule has 1 aliphatic heterocycles. The molecule has 1 amide bonds. The Kier molecular flexibility index (Phi) is 3.97. The third kappa shape index (κ3) is 2.86. The van der Waals surface area contributed by atoms with Gasteiger partial charge in [-0.1, -0.05) is 0 Å². The predicted octanol–water partition coefficient (Wildman–Crippen LogP) is 0.688. The number of halogens is 2. The van der Waals surface area contributed by atoms with E-state index in [1.165, 1.54) is 0 Å². The molecule has 1 fully saturated rings. The van der Waals surface area contributed by atoms with E-state index in [1.807, 2.05) is 6.07 Å². The zero-order valence-corrected chi connectivity index (χ0v) is 8.13. The van der Waals surface area contributed by atoms with E-state index in [1.54, 1.807) is 0 Å². The van der Waals surface area contributed by atoms with Crippen molar-refractivity contribution in [2.75, 3.05) is 19.8 Å². The standard InChI is InChI=1S/C9H12F2N2O2/c10-7(11)5-13-8(14)9(6-12)1-3-15-4-2-9/h7H,1-5H2,(H,13,14). The SMILES string of the molecule is N#CC1(C(=O)NCC(F)F)CCOCC1. The number of carbonyl (C=O) groups excluding carboxylic acids is 1. The van der Waals surface area contributed by atoms with Crippen LogP contribution in [0.15, 0.2) is 0 Å². The van der Waals surface area contributed by atoms with Crippen LogP contribution < -0.4 is 5.32 Å². The van der Waals surface area contributed by atoms with E-state index in [0.29, 0.717) is 13.2 Å². The van der Waals surface area contributed by atoms with Gasteiger partial charge in [0.2, 0.25) is 5.91 Å². The number of nitrogens with zero attached hydrogens (tertiary/aromatic N) is 1. The van der Waals surface area contributed by atoms with Gasteiger partial charge in [-0.25, -0.2) is 8.78 Å². The molecule has 0 aromatic carbocycles. The van der Waals surface area contributed by atoms with Crippen LogP contribution in [-0.4, -0.2) is 32.1 Å². The zero-order valence-electron chi connectivity index (χ0n) is 8.13. The Morgan fingerprint density at radius 1 is 1.53 bits per heavy atom. The first-order valence-electron chi connectivity index (χ1n) is 4.66. The average Bonchev–Trinajstić information content (AvgIpc) is 2.26. The Hall–Kier alpha value is -1.22. The molecule has 15 heavy (non-hydrogen) atoms. The normalized spacial score (nSPS) is 19.6. The Balaban J connectivity index is 2.57. The van der Waals surface area contributed by atoms with E-state index in [-0.39, 0.29) is 12.8 Å². The summed E-state index contributed by atoms with van der Waals surface area (Å²) in [5.74, 6) is -0.617. The third-order valence-electron chi connectivity index (χ3n) is 2.41. The molecule has 4 nitrogen and oxygen atoms in total. The molecule has 0 saturated carbocycles. The molecule has 0 aromatic heterocycles. The Labute approximate surface area is 86.2 Å². The van der Waals surface area contributed by atoms with Gasteiger partial charge in [-0.05, 0) is 12.8 Å². The van der Waals surface area contributed by atoms with Crippen molar-refractivity contribution < 1.29 is 18.3 Å². The monoisotopic (exact) mass is 218 g/mol. The van der Waals surface area contributed by atoms with Gasteiger partial charge in [-0.3, -0.25) is 4.79 Å². The third-order valence-corrected chi connectivity index (χ3v) is 2.41. The summed E-state index contributed by atoms with van der Waals surface area (Å²) in [7, 11) is 0. The van der Waals surface area contributed by atoms with Crippen LogP contribution >= 0.6 is 0 Å². The van der Waals surface area contributed by atoms with Crippen LogP contribution in [0.2, 0.25) is 0 Å². The van der Waals surface area contributed by atoms with Crippen molar-refractivity contribution in [3.8, 4) is 6.07 Å². The summed E-state index contributed by atoms with van der Waals surface area (Å²) in [6, 6.07) is 1.90. The fourth-order valence-electron chi connectivity index (χ4n) is 1.45. The topological polar surface area (TPSA) is 62.1 Å². The first-order chi connectivity index (χ1) is 7.10. The van der Waals surface area contributed by atoms with E-state index in [9.17, 15) is 13.6 Å². The lowest BCUT2D eigenvalue weighted by atomic mass is 9.81. The molecule has 1 heterocycles. The first-order valence-corrected chi connectivity index (χ1v) is 4.66. The van der Waals surface area contributed by atoms with Crippen molar-refractivity contribution >= 4 is 5.91 Å². The van der Waals surface area contributed by atoms with Crippen molar-refractivity contribution in [2.24, 2.45) is 5.41 Å². The molecule has 0 radical (unpaired) electrons. The van der Waals surface area contributed by atoms with Crippen LogP contribution in [0.3, 0.4) is 0 Å². The molecular weight excluding hydrogens is 206 g/mol. The first kappa shape index (κ1) is 11.9. The van der Waals surface area contributed by atoms with Crippen LogP contribution in [-0.2, 0) is 9.53 Å². The van der Waals surface area contributed by atoms with Crippen LogP contribution in [0, 0.1) is 16.7 Å². The fraction of sp³-hybridized carbons (Fsp3) is 0.778. The van der Waals surface area contributed by atoms with Crippen molar-refractivity contribution in [2.45, 2.75) is 19.3 Å². The van der Waals surface area contributed by atoms with Gasteiger partial charge in [-0.2, -0.15) is 5.26 Å². The number of hydrogen-bond acceptors (Lipinski definition) is 3. The predicted molar refractivity (Wildman–Crippen MR) is 47.1 cm³/mol. The molecule has 84 valence electrons. The van der Waals surface area contributed by atoms with Crippen molar-refractivity contribution in [1.29, 1.82) is 5.26 Å². The second-order valence-electron chi connectivity index (χ2n) is 3.41. The number of alkyl halides is 2. The molecule has 1 rings (SSSR count). The van der Waals surface area contributed by atoms with Crippen LogP contribution in [0.25, 0.3) is 0 Å². The molecule has 1 N–H and O–H groups in total. The van der Waals surface area contributed by atoms with Gasteiger partial charge in [0, 0.05) is 13.2 Å². The molecule has 0 aromatic rings. The molecule has 6 heteroatoms. The highest BCUT2D eigenvalue weighted by Crippen LogP contribution is 2.29. The quantitative estimate of drug-likeness (QED) is 0.758. The van der Waals surface area contributed by atoms with Crippen molar-refractivity contribution in [3.05, 3.63) is 0 Å². The lowest BCUT2D eigenvalue weighted by Crippen LogP contribution is -2.45. The number of rotatable bonds is 3. The molecule has 0 atom stereocenters. The summed E-state index contributed by atoms with van der Waals surface area (Å²) < 4.78 is 28.8. The van der Waals surface area contributed by atoms with Gasteiger partial charge in [-0.15, -0.1) is 0 Å². The summed E-state index contributed by atoms with van der Waals surface area (Å²) in [5.41, 5.74) is -1.19. The van der Waals surface area contributed by atoms with Gasteiger partial charge in [0.1, 0.15) is 5.41 Å². The summed E-state index contributed by atoms with van der Waals surface area (Å²) in [6.45, 7) is -0.0750. The fourth-order valence-corrected chi connectivity index (χ4v) is 1.45. The highest BCUT2D eigenvalue weighted by molar-refractivity contribution is 5.85. The maximum atomic E-state index is 11.9. The number of ether oxygens (including phenoxy) is 1. The maximum absolute atomic E-state index is 11.9. The van der Waals surface area contributed by atoms with E-state index in [4.69, 9.17) is 10.00 Å². The molecule has 0 unspecified atom stereocenters. The lowest BCUT2D eigenvalue weighted by molar-refractivity contribution is -0.133. The van der Waals surface area contributed by atoms with E-state index in [2.05, 4.69) is 5.32 Å². The summed E-state index contributed by atoms with van der Waals surface area (Å²) in [5, 5.41) is 11.0. The van der Waals surface area contributed by atoms with Gasteiger partial charge in [0.15, 0.2) is 0 Å². The number of nitrogens with one attached hydrogen (secondary N) is 1. The highest BCUT2D eigenvalue weighted by Gasteiger charge is 2.40. The van der Waals surface area contributed by atoms with Gasteiger partial charge >= 0.3 is 0 Å². The minimum Gasteiger partial charge on any atom is -0.381 e. The summed E-state index contributed by atoms with van der Waals surface area (Å²) in [6.07, 6.45) is -2.07. The summed E-state index contributed by atoms with van der Waals surface area (Å²) >= 11 is 0. The molecule has 1 saturated heterocycles. The van der Waals surface area contributed by atoms with Gasteiger partial charge in [0.05, 0.1) is 12.6 Å². The largest absolute Gasteiger partial charge is 0.381 e. The molecule has 0 aliphatic carbocycles. The smallest absolute Gasteiger partial charge is 0.255 e. The van der Waals surface area contributed by atoms with E-state index >= 15 is 0 Å². The minimum atomic E-state index is -2.59. The van der Waals surface area contributed by atoms with Gasteiger partial charge in [0.25, 0.3) is 6.43 Å². The lowest BCUT2D eigenvalue weighted by Gasteiger charge is -2.29. The van der Waals surface area contributed by atoms with E-state index in [0.717, 1.165) is 0 Å². The van der Waals surface area contributed by atoms with Crippen molar-refractivity contribution in [3.63, 3.8) is 0 Å². The Morgan fingerprint density at radius 3 is 2.60 bits per heavy atom. The van der Waals surface area contributed by atoms with Crippen molar-refractivity contribution in [1.82, 2.24) is 5.32 Å². The van der Waals surface area contributed by atoms with Crippen LogP contribution in [0.4, 0.5) is 8.78 Å². The Bertz CT molecular complexity index is 270. The average molecular weight is 218 g/mol. The maximum Gasteiger partial charge on any atom is 0.255 e. The number of amides is 1. The molecule has 0 bridgehead atoms. The highest BCUT2D eigenvalue weighted by atomic mass is 19.3. The zero-order chi connectivity index (χ0) is 11.3. The molecular formula is C9H12F2N2O2. The summed E-state index contributed by atoms with van der Waals surface area (Å²) in [4.78, 5) is 11.5. The Morgan fingerprint density at radius 2 is 2.13 bits per heavy atom. The number of carbonyl (C=O) groups is 1. The number of hydrogen-bond donors (Lipinski definition) is 1. The minimum absolute atomic E-state index is 0.262. The molecule has 1 aliphatic rings. The van der Waals surface area contributed by atoms with Crippen LogP contribution in [0.5, 0.6) is 0 Å². The molecule has 0 spiro atoms.